The largest absolute Gasteiger partial charge is 0.454 e. The highest BCUT2D eigenvalue weighted by Gasteiger charge is 2.34. The monoisotopic (exact) mass is 426 g/mol. The molecule has 1 atom stereocenters. The highest BCUT2D eigenvalue weighted by Crippen LogP contribution is 2.48. The predicted molar refractivity (Wildman–Crippen MR) is 117 cm³/mol. The summed E-state index contributed by atoms with van der Waals surface area (Å²) in [6.07, 6.45) is 0.205. The van der Waals surface area contributed by atoms with Crippen LogP contribution in [0.4, 0.5) is 0 Å². The summed E-state index contributed by atoms with van der Waals surface area (Å²) in [7, 11) is 0. The Morgan fingerprint density at radius 3 is 2.56 bits per heavy atom. The van der Waals surface area contributed by atoms with Gasteiger partial charge < -0.3 is 18.6 Å². The number of aryl methyl sites for hydroxylation is 1. The Labute approximate surface area is 183 Å². The topological polar surface area (TPSA) is 75.0 Å². The second kappa shape index (κ2) is 6.99. The molecule has 3 heterocycles. The minimum atomic E-state index is -0.454. The quantitative estimate of drug-likeness (QED) is 0.257. The molecule has 2 aliphatic heterocycles. The lowest BCUT2D eigenvalue weighted by atomic mass is 9.82. The molecule has 0 amide bonds. The van der Waals surface area contributed by atoms with Crippen molar-refractivity contribution in [3.05, 3.63) is 87.8 Å². The van der Waals surface area contributed by atoms with Gasteiger partial charge in [0.15, 0.2) is 11.5 Å². The summed E-state index contributed by atoms with van der Waals surface area (Å²) in [5.74, 6) is 1.24. The van der Waals surface area contributed by atoms with Gasteiger partial charge in [0.25, 0.3) is 0 Å². The predicted octanol–water partition coefficient (Wildman–Crippen LogP) is 4.94. The molecule has 3 aromatic carbocycles. The Kier molecular flexibility index (Phi) is 4.08. The van der Waals surface area contributed by atoms with E-state index in [2.05, 4.69) is 0 Å². The molecule has 32 heavy (non-hydrogen) atoms. The van der Waals surface area contributed by atoms with Crippen molar-refractivity contribution in [1.29, 1.82) is 0 Å². The third-order valence-electron chi connectivity index (χ3n) is 6.05. The van der Waals surface area contributed by atoms with Crippen molar-refractivity contribution in [1.82, 2.24) is 0 Å². The van der Waals surface area contributed by atoms with Crippen LogP contribution in [0.1, 0.15) is 29.0 Å². The zero-order chi connectivity index (χ0) is 21.8. The first-order valence-corrected chi connectivity index (χ1v) is 10.4. The van der Waals surface area contributed by atoms with E-state index in [0.717, 1.165) is 22.3 Å². The number of benzene rings is 3. The molecule has 0 saturated heterocycles. The van der Waals surface area contributed by atoms with Crippen LogP contribution in [0.2, 0.25) is 0 Å². The van der Waals surface area contributed by atoms with E-state index < -0.39 is 5.63 Å². The normalized spacial score (nSPS) is 16.7. The number of hydrogen-bond donors (Lipinski definition) is 0. The van der Waals surface area contributed by atoms with Gasteiger partial charge >= 0.3 is 11.6 Å². The minimum Gasteiger partial charge on any atom is -0.454 e. The molecule has 6 rings (SSSR count). The zero-order valence-electron chi connectivity index (χ0n) is 17.2. The van der Waals surface area contributed by atoms with Crippen LogP contribution in [0.25, 0.3) is 22.1 Å². The maximum Gasteiger partial charge on any atom is 0.336 e. The van der Waals surface area contributed by atoms with Crippen LogP contribution in [0.15, 0.2) is 69.9 Å². The molecule has 0 radical (unpaired) electrons. The third-order valence-corrected chi connectivity index (χ3v) is 6.05. The number of esters is 1. The van der Waals surface area contributed by atoms with Gasteiger partial charge in [0, 0.05) is 23.1 Å². The Morgan fingerprint density at radius 2 is 1.72 bits per heavy atom. The molecule has 0 bridgehead atoms. The van der Waals surface area contributed by atoms with E-state index in [1.54, 1.807) is 0 Å². The van der Waals surface area contributed by atoms with Crippen LogP contribution in [-0.2, 0) is 4.79 Å². The maximum absolute atomic E-state index is 12.7. The molecule has 4 aromatic rings. The second-order valence-electron chi connectivity index (χ2n) is 8.00. The molecule has 6 nitrogen and oxygen atoms in total. The molecule has 0 saturated carbocycles. The smallest absolute Gasteiger partial charge is 0.336 e. The minimum absolute atomic E-state index is 0.186. The van der Waals surface area contributed by atoms with Crippen LogP contribution in [-0.4, -0.2) is 12.8 Å². The third kappa shape index (κ3) is 2.87. The van der Waals surface area contributed by atoms with Gasteiger partial charge in [-0.05, 0) is 41.8 Å². The molecule has 158 valence electrons. The first-order chi connectivity index (χ1) is 15.6. The highest BCUT2D eigenvalue weighted by atomic mass is 16.7. The van der Waals surface area contributed by atoms with Crippen molar-refractivity contribution >= 4 is 16.9 Å². The van der Waals surface area contributed by atoms with Crippen LogP contribution in [0.5, 0.6) is 17.2 Å². The summed E-state index contributed by atoms with van der Waals surface area (Å²) in [6.45, 7) is 2.12. The van der Waals surface area contributed by atoms with Crippen molar-refractivity contribution in [2.45, 2.75) is 19.3 Å². The Balaban J connectivity index is 1.64. The van der Waals surface area contributed by atoms with E-state index in [-0.39, 0.29) is 25.1 Å². The van der Waals surface area contributed by atoms with E-state index in [4.69, 9.17) is 18.6 Å². The summed E-state index contributed by atoms with van der Waals surface area (Å²) >= 11 is 0. The van der Waals surface area contributed by atoms with Gasteiger partial charge in [0.2, 0.25) is 6.79 Å². The lowest BCUT2D eigenvalue weighted by Crippen LogP contribution is -2.22. The van der Waals surface area contributed by atoms with E-state index in [9.17, 15) is 9.59 Å². The fraction of sp³-hybridized carbons (Fsp3) is 0.154. The first-order valence-electron chi connectivity index (χ1n) is 10.4. The van der Waals surface area contributed by atoms with Gasteiger partial charge in [0.1, 0.15) is 11.3 Å². The number of hydrogen-bond acceptors (Lipinski definition) is 6. The number of ether oxygens (including phenoxy) is 3. The van der Waals surface area contributed by atoms with Crippen LogP contribution >= 0.6 is 0 Å². The fourth-order valence-corrected chi connectivity index (χ4v) is 4.66. The van der Waals surface area contributed by atoms with Gasteiger partial charge in [-0.2, -0.15) is 0 Å². The average Bonchev–Trinajstić information content (AvgIpc) is 3.26. The van der Waals surface area contributed by atoms with Gasteiger partial charge in [0.05, 0.1) is 11.8 Å². The average molecular weight is 426 g/mol. The Morgan fingerprint density at radius 1 is 0.906 bits per heavy atom. The second-order valence-corrected chi connectivity index (χ2v) is 8.00. The lowest BCUT2D eigenvalue weighted by Gasteiger charge is -2.28. The molecule has 0 fully saturated rings. The van der Waals surface area contributed by atoms with E-state index in [1.165, 1.54) is 6.07 Å². The molecule has 0 N–H and O–H groups in total. The summed E-state index contributed by atoms with van der Waals surface area (Å²) in [5.41, 5.74) is 4.19. The van der Waals surface area contributed by atoms with E-state index in [1.807, 2.05) is 61.5 Å². The van der Waals surface area contributed by atoms with Crippen LogP contribution < -0.4 is 19.8 Å². The lowest BCUT2D eigenvalue weighted by molar-refractivity contribution is -0.135. The van der Waals surface area contributed by atoms with Gasteiger partial charge in [-0.25, -0.2) is 4.79 Å². The van der Waals surface area contributed by atoms with Crippen molar-refractivity contribution in [3.63, 3.8) is 0 Å². The molecule has 0 spiro atoms. The molecule has 2 aliphatic rings. The van der Waals surface area contributed by atoms with Crippen molar-refractivity contribution in [2.75, 3.05) is 6.79 Å². The Bertz CT molecular complexity index is 1450. The first kappa shape index (κ1) is 18.7. The van der Waals surface area contributed by atoms with Crippen molar-refractivity contribution < 1.29 is 23.4 Å². The molecule has 1 aromatic heterocycles. The number of rotatable bonds is 2. The zero-order valence-corrected chi connectivity index (χ0v) is 17.2. The molecule has 6 heteroatoms. The molecule has 1 unspecified atom stereocenters. The summed E-state index contributed by atoms with van der Waals surface area (Å²) in [6, 6.07) is 18.6. The standard InChI is InChI=1S/C26H18O6/c1-14-9-21-25(17(11-22(27)31-21)15-5-3-2-4-6-15)26-24(14)18(12-23(28)32-26)16-7-8-19-20(10-16)30-13-29-19/h2-11,18H,12-13H2,1H3. The Hall–Kier alpha value is -4.06. The number of carbonyl (C=O) groups excluding carboxylic acids is 1. The van der Waals surface area contributed by atoms with Crippen LogP contribution in [0, 0.1) is 6.92 Å². The maximum atomic E-state index is 12.7. The number of carbonyl (C=O) groups is 1. The SMILES string of the molecule is Cc1cc2oc(=O)cc(-c3ccccc3)c2c2c1C(c1ccc3c(c1)OCO3)CC(=O)O2. The highest BCUT2D eigenvalue weighted by molar-refractivity contribution is 6.01. The van der Waals surface area contributed by atoms with E-state index >= 15 is 0 Å². The van der Waals surface area contributed by atoms with Gasteiger partial charge in [-0.3, -0.25) is 4.79 Å². The van der Waals surface area contributed by atoms with E-state index in [0.29, 0.717) is 33.8 Å². The summed E-state index contributed by atoms with van der Waals surface area (Å²) in [5, 5.41) is 0.621. The van der Waals surface area contributed by atoms with Crippen LogP contribution in [0.3, 0.4) is 0 Å². The number of fused-ring (bicyclic) bond motifs is 4. The fourth-order valence-electron chi connectivity index (χ4n) is 4.66. The molecular weight excluding hydrogens is 408 g/mol. The van der Waals surface area contributed by atoms with Gasteiger partial charge in [-0.15, -0.1) is 0 Å². The summed E-state index contributed by atoms with van der Waals surface area (Å²) in [4.78, 5) is 25.1. The molecule has 0 aliphatic carbocycles. The van der Waals surface area contributed by atoms with Gasteiger partial charge in [-0.1, -0.05) is 36.4 Å². The van der Waals surface area contributed by atoms with Crippen molar-refractivity contribution in [2.24, 2.45) is 0 Å². The van der Waals surface area contributed by atoms with Crippen molar-refractivity contribution in [3.8, 4) is 28.4 Å². The summed E-state index contributed by atoms with van der Waals surface area (Å²) < 4.78 is 22.3. The molecular formula is C26H18O6.